The molecule has 0 radical (unpaired) electrons. The van der Waals surface area contributed by atoms with E-state index in [0.29, 0.717) is 12.5 Å². The third-order valence-electron chi connectivity index (χ3n) is 2.20. The van der Waals surface area contributed by atoms with E-state index in [1.165, 1.54) is 0 Å². The van der Waals surface area contributed by atoms with Gasteiger partial charge in [-0.2, -0.15) is 0 Å². The zero-order valence-corrected chi connectivity index (χ0v) is 10.9. The van der Waals surface area contributed by atoms with Gasteiger partial charge in [-0.3, -0.25) is 0 Å². The molecule has 0 aliphatic rings. The normalized spacial score (nSPS) is 10.7. The van der Waals surface area contributed by atoms with Gasteiger partial charge in [-0.05, 0) is 24.5 Å². The average Bonchev–Trinajstić information content (AvgIpc) is 2.17. The summed E-state index contributed by atoms with van der Waals surface area (Å²) >= 11 is 3.43. The van der Waals surface area contributed by atoms with Crippen molar-refractivity contribution in [2.45, 2.75) is 26.8 Å². The third-order valence-corrected chi connectivity index (χ3v) is 2.70. The van der Waals surface area contributed by atoms with Crippen LogP contribution in [0.4, 0.5) is 0 Å². The monoisotopic (exact) mass is 271 g/mol. The molecular formula is C12H18BrNO. The maximum Gasteiger partial charge on any atom is 0.124 e. The first-order valence-electron chi connectivity index (χ1n) is 5.24. The van der Waals surface area contributed by atoms with E-state index in [1.54, 1.807) is 0 Å². The Morgan fingerprint density at radius 3 is 2.73 bits per heavy atom. The summed E-state index contributed by atoms with van der Waals surface area (Å²) in [6.07, 6.45) is 1.07. The van der Waals surface area contributed by atoms with Crippen LogP contribution in [-0.4, -0.2) is 6.61 Å². The van der Waals surface area contributed by atoms with Gasteiger partial charge in [-0.15, -0.1) is 0 Å². The van der Waals surface area contributed by atoms with E-state index < -0.39 is 0 Å². The van der Waals surface area contributed by atoms with Crippen LogP contribution in [0.15, 0.2) is 22.7 Å². The summed E-state index contributed by atoms with van der Waals surface area (Å²) in [6.45, 7) is 5.65. The van der Waals surface area contributed by atoms with Gasteiger partial charge in [-0.1, -0.05) is 35.8 Å². The summed E-state index contributed by atoms with van der Waals surface area (Å²) in [5, 5.41) is 0. The highest BCUT2D eigenvalue weighted by atomic mass is 79.9. The minimum atomic E-state index is 0.518. The van der Waals surface area contributed by atoms with E-state index >= 15 is 0 Å². The molecule has 0 spiro atoms. The van der Waals surface area contributed by atoms with Crippen molar-refractivity contribution in [3.63, 3.8) is 0 Å². The lowest BCUT2D eigenvalue weighted by Gasteiger charge is -2.11. The van der Waals surface area contributed by atoms with Gasteiger partial charge in [0, 0.05) is 16.6 Å². The van der Waals surface area contributed by atoms with Crippen LogP contribution in [0.5, 0.6) is 5.75 Å². The van der Waals surface area contributed by atoms with Gasteiger partial charge >= 0.3 is 0 Å². The molecule has 2 nitrogen and oxygen atoms in total. The quantitative estimate of drug-likeness (QED) is 0.892. The molecule has 0 heterocycles. The fraction of sp³-hybridized carbons (Fsp3) is 0.500. The van der Waals surface area contributed by atoms with E-state index in [9.17, 15) is 0 Å². The summed E-state index contributed by atoms with van der Waals surface area (Å²) < 4.78 is 6.74. The predicted molar refractivity (Wildman–Crippen MR) is 67.0 cm³/mol. The first-order chi connectivity index (χ1) is 7.13. The molecule has 0 bridgehead atoms. The molecule has 0 saturated heterocycles. The Balaban J connectivity index is 2.62. The Bertz CT molecular complexity index is 312. The average molecular weight is 272 g/mol. The Morgan fingerprint density at radius 1 is 1.40 bits per heavy atom. The highest BCUT2D eigenvalue weighted by Gasteiger charge is 2.03. The predicted octanol–water partition coefficient (Wildman–Crippen LogP) is 3.33. The van der Waals surface area contributed by atoms with E-state index in [1.807, 2.05) is 18.2 Å². The second-order valence-corrected chi connectivity index (χ2v) is 4.90. The lowest BCUT2D eigenvalue weighted by Crippen LogP contribution is -2.05. The van der Waals surface area contributed by atoms with Crippen molar-refractivity contribution >= 4 is 15.9 Å². The van der Waals surface area contributed by atoms with E-state index in [-0.39, 0.29) is 0 Å². The topological polar surface area (TPSA) is 35.2 Å². The highest BCUT2D eigenvalue weighted by molar-refractivity contribution is 9.10. The van der Waals surface area contributed by atoms with Crippen LogP contribution in [0.3, 0.4) is 0 Å². The number of nitrogens with two attached hydrogens (primary N) is 1. The molecular weight excluding hydrogens is 254 g/mol. The minimum Gasteiger partial charge on any atom is -0.493 e. The van der Waals surface area contributed by atoms with E-state index in [0.717, 1.165) is 28.8 Å². The van der Waals surface area contributed by atoms with Gasteiger partial charge in [0.25, 0.3) is 0 Å². The van der Waals surface area contributed by atoms with Crippen molar-refractivity contribution in [1.29, 1.82) is 0 Å². The maximum atomic E-state index is 5.71. The fourth-order valence-electron chi connectivity index (χ4n) is 1.24. The standard InChI is InChI=1S/C12H18BrNO/c1-9(2)5-6-15-12-7-11(13)4-3-10(12)8-14/h3-4,7,9H,5-6,8,14H2,1-2H3. The van der Waals surface area contributed by atoms with Crippen molar-refractivity contribution in [3.8, 4) is 5.75 Å². The molecule has 84 valence electrons. The van der Waals surface area contributed by atoms with Crippen molar-refractivity contribution in [2.75, 3.05) is 6.61 Å². The van der Waals surface area contributed by atoms with Crippen LogP contribution in [0.2, 0.25) is 0 Å². The fourth-order valence-corrected chi connectivity index (χ4v) is 1.58. The van der Waals surface area contributed by atoms with Crippen molar-refractivity contribution in [2.24, 2.45) is 11.7 Å². The second kappa shape index (κ2) is 6.13. The molecule has 1 aromatic rings. The summed E-state index contributed by atoms with van der Waals surface area (Å²) in [5.41, 5.74) is 6.69. The molecule has 2 N–H and O–H groups in total. The highest BCUT2D eigenvalue weighted by Crippen LogP contribution is 2.23. The van der Waals surface area contributed by atoms with Gasteiger partial charge in [0.15, 0.2) is 0 Å². The molecule has 0 unspecified atom stereocenters. The van der Waals surface area contributed by atoms with Crippen LogP contribution >= 0.6 is 15.9 Å². The summed E-state index contributed by atoms with van der Waals surface area (Å²) in [6, 6.07) is 5.95. The molecule has 0 fully saturated rings. The molecule has 0 saturated carbocycles. The van der Waals surface area contributed by atoms with Crippen molar-refractivity contribution in [3.05, 3.63) is 28.2 Å². The largest absolute Gasteiger partial charge is 0.493 e. The smallest absolute Gasteiger partial charge is 0.124 e. The summed E-state index contributed by atoms with van der Waals surface area (Å²) in [4.78, 5) is 0. The van der Waals surface area contributed by atoms with Gasteiger partial charge < -0.3 is 10.5 Å². The van der Waals surface area contributed by atoms with Gasteiger partial charge in [-0.25, -0.2) is 0 Å². The molecule has 0 aliphatic carbocycles. The van der Waals surface area contributed by atoms with Crippen LogP contribution in [-0.2, 0) is 6.54 Å². The Hall–Kier alpha value is -0.540. The number of hydrogen-bond donors (Lipinski definition) is 1. The molecule has 0 aliphatic heterocycles. The lowest BCUT2D eigenvalue weighted by molar-refractivity contribution is 0.287. The second-order valence-electron chi connectivity index (χ2n) is 3.99. The van der Waals surface area contributed by atoms with Crippen LogP contribution in [0.25, 0.3) is 0 Å². The van der Waals surface area contributed by atoms with Crippen molar-refractivity contribution in [1.82, 2.24) is 0 Å². The van der Waals surface area contributed by atoms with Gasteiger partial charge in [0.05, 0.1) is 6.61 Å². The molecule has 3 heteroatoms. The van der Waals surface area contributed by atoms with E-state index in [2.05, 4.69) is 29.8 Å². The minimum absolute atomic E-state index is 0.518. The first kappa shape index (κ1) is 12.5. The number of rotatable bonds is 5. The molecule has 0 atom stereocenters. The SMILES string of the molecule is CC(C)CCOc1cc(Br)ccc1CN. The Kier molecular flexibility index (Phi) is 5.12. The lowest BCUT2D eigenvalue weighted by atomic mass is 10.1. The van der Waals surface area contributed by atoms with Crippen LogP contribution in [0.1, 0.15) is 25.8 Å². The molecule has 1 aromatic carbocycles. The third kappa shape index (κ3) is 4.22. The number of benzene rings is 1. The van der Waals surface area contributed by atoms with Crippen molar-refractivity contribution < 1.29 is 4.74 Å². The molecule has 1 rings (SSSR count). The van der Waals surface area contributed by atoms with Crippen LogP contribution < -0.4 is 10.5 Å². The Labute approximate surface area is 99.9 Å². The van der Waals surface area contributed by atoms with Crippen LogP contribution in [0, 0.1) is 5.92 Å². The zero-order chi connectivity index (χ0) is 11.3. The summed E-state index contributed by atoms with van der Waals surface area (Å²) in [5.74, 6) is 1.56. The molecule has 0 amide bonds. The number of halogens is 1. The first-order valence-corrected chi connectivity index (χ1v) is 6.04. The Morgan fingerprint density at radius 2 is 2.13 bits per heavy atom. The molecule has 0 aromatic heterocycles. The zero-order valence-electron chi connectivity index (χ0n) is 9.29. The number of ether oxygens (including phenoxy) is 1. The maximum absolute atomic E-state index is 5.71. The van der Waals surface area contributed by atoms with E-state index in [4.69, 9.17) is 10.5 Å². The molecule has 15 heavy (non-hydrogen) atoms. The summed E-state index contributed by atoms with van der Waals surface area (Å²) in [7, 11) is 0. The van der Waals surface area contributed by atoms with Gasteiger partial charge in [0.2, 0.25) is 0 Å². The van der Waals surface area contributed by atoms with Gasteiger partial charge in [0.1, 0.15) is 5.75 Å². The number of hydrogen-bond acceptors (Lipinski definition) is 2.